The van der Waals surface area contributed by atoms with Gasteiger partial charge in [0.2, 0.25) is 8.32 Å². The summed E-state index contributed by atoms with van der Waals surface area (Å²) in [6, 6.07) is 0. The van der Waals surface area contributed by atoms with Crippen molar-refractivity contribution in [2.75, 3.05) is 0 Å². The second-order valence-electron chi connectivity index (χ2n) is 11.6. The molecule has 1 aliphatic heterocycles. The molecule has 30 heavy (non-hydrogen) atoms. The number of aliphatic hydroxyl groups is 1. The maximum absolute atomic E-state index is 13.2. The number of ketones is 1. The molecule has 1 saturated heterocycles. The van der Waals surface area contributed by atoms with E-state index < -0.39 is 19.8 Å². The summed E-state index contributed by atoms with van der Waals surface area (Å²) in [5, 5.41) is 11.4. The number of hydrogen-bond acceptors (Lipinski definition) is 5. The molecule has 4 rings (SSSR count). The predicted molar refractivity (Wildman–Crippen MR) is 117 cm³/mol. The van der Waals surface area contributed by atoms with E-state index in [-0.39, 0.29) is 46.6 Å². The molecule has 0 amide bonds. The number of hydrogen-bond donors (Lipinski definition) is 1. The third-order valence-corrected chi connectivity index (χ3v) is 13.3. The maximum atomic E-state index is 13.2. The molecule has 1 N–H and O–H groups in total. The Labute approximate surface area is 181 Å². The van der Waals surface area contributed by atoms with Crippen molar-refractivity contribution in [3.8, 4) is 0 Å². The van der Waals surface area contributed by atoms with Crippen LogP contribution in [-0.2, 0) is 18.8 Å². The van der Waals surface area contributed by atoms with Crippen LogP contribution in [-0.4, -0.2) is 37.4 Å². The van der Waals surface area contributed by atoms with E-state index in [1.165, 1.54) is 5.57 Å². The lowest BCUT2D eigenvalue weighted by Gasteiger charge is -2.53. The van der Waals surface area contributed by atoms with E-state index in [1.807, 2.05) is 20.8 Å². The fourth-order valence-electron chi connectivity index (χ4n) is 6.13. The summed E-state index contributed by atoms with van der Waals surface area (Å²) in [5.41, 5.74) is 1.25. The van der Waals surface area contributed by atoms with Crippen molar-refractivity contribution in [3.63, 3.8) is 0 Å². The zero-order valence-corrected chi connectivity index (χ0v) is 20.5. The Bertz CT molecular complexity index is 863. The predicted octanol–water partition coefficient (Wildman–Crippen LogP) is 4.38. The maximum Gasteiger partial charge on any atom is 0.309 e. The summed E-state index contributed by atoms with van der Waals surface area (Å²) in [6.07, 6.45) is 1.89. The highest BCUT2D eigenvalue weighted by Gasteiger charge is 2.65. The number of carbonyl (C=O) groups is 2. The minimum atomic E-state index is -2.11. The highest BCUT2D eigenvalue weighted by Crippen LogP contribution is 2.64. The fourth-order valence-corrected chi connectivity index (χ4v) is 7.27. The average Bonchev–Trinajstić information content (AvgIpc) is 3.11. The zero-order valence-electron chi connectivity index (χ0n) is 19.5. The number of ether oxygens (including phenoxy) is 1. The molecule has 0 radical (unpaired) electrons. The van der Waals surface area contributed by atoms with Crippen LogP contribution in [0.3, 0.4) is 0 Å². The number of fused-ring (bicyclic) bond motifs is 5. The Balaban J connectivity index is 1.87. The Morgan fingerprint density at radius 1 is 1.23 bits per heavy atom. The Kier molecular flexibility index (Phi) is 4.76. The van der Waals surface area contributed by atoms with E-state index in [4.69, 9.17) is 9.16 Å². The van der Waals surface area contributed by atoms with Crippen molar-refractivity contribution < 1.29 is 23.9 Å². The molecule has 1 unspecified atom stereocenters. The Morgan fingerprint density at radius 3 is 2.47 bits per heavy atom. The van der Waals surface area contributed by atoms with Gasteiger partial charge in [0, 0.05) is 30.1 Å². The number of rotatable bonds is 2. The smallest absolute Gasteiger partial charge is 0.309 e. The van der Waals surface area contributed by atoms with E-state index in [9.17, 15) is 14.7 Å². The van der Waals surface area contributed by atoms with Gasteiger partial charge in [-0.05, 0) is 48.2 Å². The first-order valence-corrected chi connectivity index (χ1v) is 14.1. The molecule has 6 heteroatoms. The van der Waals surface area contributed by atoms with Crippen LogP contribution in [0.5, 0.6) is 0 Å². The van der Waals surface area contributed by atoms with Gasteiger partial charge in [-0.15, -0.1) is 0 Å². The lowest BCUT2D eigenvalue weighted by atomic mass is 9.52. The van der Waals surface area contributed by atoms with E-state index in [0.717, 1.165) is 5.76 Å². The summed E-state index contributed by atoms with van der Waals surface area (Å²) in [7, 11) is -2.11. The SMILES string of the molecule is CC1=CC(=O)[C@@H]2CC(O[Si](C)(C)C(C)(C)C)=C3C[C@H]4OC(=O)[C@H](C)[C@H]4C3[C@]2(C)[C@@H]1O. The van der Waals surface area contributed by atoms with Crippen molar-refractivity contribution in [3.05, 3.63) is 23.0 Å². The van der Waals surface area contributed by atoms with Gasteiger partial charge in [0.25, 0.3) is 0 Å². The molecular formula is C24H36O5Si. The first kappa shape index (κ1) is 21.8. The molecule has 0 bridgehead atoms. The van der Waals surface area contributed by atoms with Gasteiger partial charge < -0.3 is 14.3 Å². The molecule has 1 saturated carbocycles. The van der Waals surface area contributed by atoms with Crippen LogP contribution >= 0.6 is 0 Å². The topological polar surface area (TPSA) is 72.8 Å². The summed E-state index contributed by atoms with van der Waals surface area (Å²) in [4.78, 5) is 25.5. The summed E-state index contributed by atoms with van der Waals surface area (Å²) < 4.78 is 12.6. The largest absolute Gasteiger partial charge is 0.547 e. The third kappa shape index (κ3) is 2.82. The monoisotopic (exact) mass is 432 g/mol. The normalized spacial score (nSPS) is 41.2. The second-order valence-corrected chi connectivity index (χ2v) is 16.4. The molecule has 4 aliphatic rings. The van der Waals surface area contributed by atoms with Gasteiger partial charge in [-0.25, -0.2) is 0 Å². The van der Waals surface area contributed by atoms with Crippen molar-refractivity contribution in [2.24, 2.45) is 29.1 Å². The lowest BCUT2D eigenvalue weighted by Crippen LogP contribution is -2.56. The van der Waals surface area contributed by atoms with E-state index in [1.54, 1.807) is 6.08 Å². The third-order valence-electron chi connectivity index (χ3n) is 8.91. The summed E-state index contributed by atoms with van der Waals surface area (Å²) in [5.74, 6) is 0.140. The first-order valence-electron chi connectivity index (χ1n) is 11.2. The van der Waals surface area contributed by atoms with Crippen LogP contribution < -0.4 is 0 Å². The molecule has 166 valence electrons. The highest BCUT2D eigenvalue weighted by molar-refractivity contribution is 6.74. The molecule has 2 fully saturated rings. The average molecular weight is 433 g/mol. The van der Waals surface area contributed by atoms with Crippen molar-refractivity contribution in [1.29, 1.82) is 0 Å². The van der Waals surface area contributed by atoms with E-state index in [2.05, 4.69) is 33.9 Å². The lowest BCUT2D eigenvalue weighted by molar-refractivity contribution is -0.143. The molecule has 5 nitrogen and oxygen atoms in total. The van der Waals surface area contributed by atoms with Crippen molar-refractivity contribution >= 4 is 20.1 Å². The summed E-state index contributed by atoms with van der Waals surface area (Å²) >= 11 is 0. The quantitative estimate of drug-likeness (QED) is 0.518. The minimum absolute atomic E-state index is 0.0216. The Hall–Kier alpha value is -1.40. The molecular weight excluding hydrogens is 396 g/mol. The molecule has 0 aromatic carbocycles. The number of allylic oxidation sites excluding steroid dienone is 2. The molecule has 7 atom stereocenters. The summed E-state index contributed by atoms with van der Waals surface area (Å²) in [6.45, 7) is 16.9. The van der Waals surface area contributed by atoms with Crippen molar-refractivity contribution in [1.82, 2.24) is 0 Å². The minimum Gasteiger partial charge on any atom is -0.547 e. The van der Waals surface area contributed by atoms with E-state index in [0.29, 0.717) is 18.4 Å². The van der Waals surface area contributed by atoms with Gasteiger partial charge in [-0.3, -0.25) is 9.59 Å². The van der Waals surface area contributed by atoms with Crippen LogP contribution in [0.15, 0.2) is 23.0 Å². The molecule has 3 aliphatic carbocycles. The van der Waals surface area contributed by atoms with E-state index >= 15 is 0 Å². The van der Waals surface area contributed by atoms with Crippen LogP contribution in [0, 0.1) is 29.1 Å². The Morgan fingerprint density at radius 2 is 1.87 bits per heavy atom. The zero-order chi connectivity index (χ0) is 22.4. The van der Waals surface area contributed by atoms with Gasteiger partial charge in [-0.2, -0.15) is 0 Å². The van der Waals surface area contributed by atoms with Gasteiger partial charge in [0.15, 0.2) is 5.78 Å². The van der Waals surface area contributed by atoms with Crippen LogP contribution in [0.2, 0.25) is 18.1 Å². The fraction of sp³-hybridized carbons (Fsp3) is 0.750. The van der Waals surface area contributed by atoms with Crippen molar-refractivity contribution in [2.45, 2.75) is 84.7 Å². The van der Waals surface area contributed by atoms with Gasteiger partial charge in [-0.1, -0.05) is 34.6 Å². The molecule has 0 spiro atoms. The standard InChI is InChI=1S/C24H36O5Si/c1-12-9-16(25)15-11-17(29-30(7,8)23(3,4)5)14-10-18-19(13(2)22(27)28-18)20(14)24(15,6)21(12)26/h9,13,15,18-21,26H,10-11H2,1-8H3/t13-,15+,18-,19-,20?,21-,24-/m1/s1. The highest BCUT2D eigenvalue weighted by atomic mass is 28.4. The molecule has 0 aromatic heterocycles. The first-order chi connectivity index (χ1) is 13.7. The number of aliphatic hydroxyl groups excluding tert-OH is 1. The van der Waals surface area contributed by atoms with Gasteiger partial charge >= 0.3 is 5.97 Å². The van der Waals surface area contributed by atoms with Crippen LogP contribution in [0.1, 0.15) is 54.4 Å². The van der Waals surface area contributed by atoms with Crippen LogP contribution in [0.25, 0.3) is 0 Å². The van der Waals surface area contributed by atoms with Gasteiger partial charge in [0.05, 0.1) is 17.8 Å². The molecule has 1 heterocycles. The van der Waals surface area contributed by atoms with Crippen LogP contribution in [0.4, 0.5) is 0 Å². The second kappa shape index (κ2) is 6.55. The van der Waals surface area contributed by atoms with Gasteiger partial charge in [0.1, 0.15) is 6.10 Å². The number of esters is 1. The molecule has 0 aromatic rings. The number of carbonyl (C=O) groups excluding carboxylic acids is 2.